The lowest BCUT2D eigenvalue weighted by Crippen LogP contribution is -1.93. The molecule has 0 saturated carbocycles. The molecule has 3 nitrogen and oxygen atoms in total. The Morgan fingerprint density at radius 1 is 0.762 bits per heavy atom. The molecule has 0 spiro atoms. The Balaban J connectivity index is 2.02. The fourth-order valence-corrected chi connectivity index (χ4v) is 2.33. The van der Waals surface area contributed by atoms with E-state index in [1.807, 2.05) is 51.5 Å². The fraction of sp³-hybridized carbons (Fsp3) is 0.167. The number of hydrogen-bond acceptors (Lipinski definition) is 3. The number of nitrogens with zero attached hydrogens (tertiary/aromatic N) is 3. The zero-order chi connectivity index (χ0) is 14.8. The minimum Gasteiger partial charge on any atom is -0.264 e. The molecule has 0 N–H and O–H groups in total. The lowest BCUT2D eigenvalue weighted by molar-refractivity contribution is 1.16. The highest BCUT2D eigenvalue weighted by molar-refractivity contribution is 5.68. The summed E-state index contributed by atoms with van der Waals surface area (Å²) in [5, 5.41) is 0. The molecule has 0 bridgehead atoms. The standard InChI is InChI=1S/C18H17N3/c1-12-4-6-17(20-10-12)18-7-5-16(14(3)21-18)15-8-13(2)9-19-11-15/h4-11H,1-3H3. The average Bonchev–Trinajstić information content (AvgIpc) is 2.48. The van der Waals surface area contributed by atoms with Gasteiger partial charge < -0.3 is 0 Å². The maximum absolute atomic E-state index is 4.69. The van der Waals surface area contributed by atoms with Gasteiger partial charge in [0.1, 0.15) is 0 Å². The van der Waals surface area contributed by atoms with E-state index in [1.54, 1.807) is 0 Å². The third kappa shape index (κ3) is 2.82. The van der Waals surface area contributed by atoms with Crippen LogP contribution in [0.25, 0.3) is 22.5 Å². The van der Waals surface area contributed by atoms with Crippen LogP contribution >= 0.6 is 0 Å². The monoisotopic (exact) mass is 275 g/mol. The highest BCUT2D eigenvalue weighted by Gasteiger charge is 2.07. The Morgan fingerprint density at radius 2 is 1.57 bits per heavy atom. The van der Waals surface area contributed by atoms with Crippen molar-refractivity contribution >= 4 is 0 Å². The number of pyridine rings is 3. The topological polar surface area (TPSA) is 38.7 Å². The van der Waals surface area contributed by atoms with Gasteiger partial charge in [-0.1, -0.05) is 12.1 Å². The number of aryl methyl sites for hydroxylation is 3. The maximum Gasteiger partial charge on any atom is 0.0889 e. The molecule has 0 aliphatic rings. The molecule has 0 radical (unpaired) electrons. The largest absolute Gasteiger partial charge is 0.264 e. The Bertz CT molecular complexity index is 777. The molecule has 0 aliphatic heterocycles. The molecule has 0 aromatic carbocycles. The second-order valence-electron chi connectivity index (χ2n) is 5.30. The normalized spacial score (nSPS) is 10.6. The Morgan fingerprint density at radius 3 is 2.24 bits per heavy atom. The summed E-state index contributed by atoms with van der Waals surface area (Å²) in [5.41, 5.74) is 7.30. The van der Waals surface area contributed by atoms with Crippen molar-refractivity contribution in [3.63, 3.8) is 0 Å². The number of aromatic nitrogens is 3. The minimum absolute atomic E-state index is 0.900. The summed E-state index contributed by atoms with van der Waals surface area (Å²) in [4.78, 5) is 13.4. The molecule has 0 saturated heterocycles. The predicted molar refractivity (Wildman–Crippen MR) is 84.9 cm³/mol. The van der Waals surface area contributed by atoms with E-state index in [-0.39, 0.29) is 0 Å². The van der Waals surface area contributed by atoms with Crippen LogP contribution in [0.3, 0.4) is 0 Å². The van der Waals surface area contributed by atoms with Gasteiger partial charge >= 0.3 is 0 Å². The molecule has 3 rings (SSSR count). The number of rotatable bonds is 2. The van der Waals surface area contributed by atoms with Crippen molar-refractivity contribution in [2.24, 2.45) is 0 Å². The molecule has 0 aliphatic carbocycles. The van der Waals surface area contributed by atoms with Crippen molar-refractivity contribution in [3.05, 3.63) is 65.7 Å². The van der Waals surface area contributed by atoms with Crippen molar-refractivity contribution in [2.45, 2.75) is 20.8 Å². The van der Waals surface area contributed by atoms with Gasteiger partial charge in [0.2, 0.25) is 0 Å². The Labute approximate surface area is 124 Å². The molecule has 0 atom stereocenters. The van der Waals surface area contributed by atoms with Crippen LogP contribution in [0.5, 0.6) is 0 Å². The molecule has 0 fully saturated rings. The number of hydrogen-bond donors (Lipinski definition) is 0. The van der Waals surface area contributed by atoms with Crippen molar-refractivity contribution in [1.82, 2.24) is 15.0 Å². The van der Waals surface area contributed by atoms with Gasteiger partial charge in [-0.2, -0.15) is 0 Å². The van der Waals surface area contributed by atoms with Crippen LogP contribution in [0, 0.1) is 20.8 Å². The Hall–Kier alpha value is -2.55. The minimum atomic E-state index is 0.900. The van der Waals surface area contributed by atoms with E-state index in [0.29, 0.717) is 0 Å². The van der Waals surface area contributed by atoms with Gasteiger partial charge in [-0.3, -0.25) is 15.0 Å². The van der Waals surface area contributed by atoms with Crippen LogP contribution in [0.15, 0.2) is 48.9 Å². The van der Waals surface area contributed by atoms with Crippen molar-refractivity contribution in [2.75, 3.05) is 0 Å². The van der Waals surface area contributed by atoms with E-state index < -0.39 is 0 Å². The summed E-state index contributed by atoms with van der Waals surface area (Å²) >= 11 is 0. The van der Waals surface area contributed by atoms with E-state index in [2.05, 4.69) is 33.2 Å². The van der Waals surface area contributed by atoms with E-state index in [1.165, 1.54) is 0 Å². The first-order chi connectivity index (χ1) is 10.1. The molecule has 3 heteroatoms. The van der Waals surface area contributed by atoms with Crippen molar-refractivity contribution < 1.29 is 0 Å². The van der Waals surface area contributed by atoms with E-state index >= 15 is 0 Å². The molecule has 104 valence electrons. The van der Waals surface area contributed by atoms with Crippen LogP contribution in [-0.2, 0) is 0 Å². The molecule has 0 unspecified atom stereocenters. The predicted octanol–water partition coefficient (Wildman–Crippen LogP) is 4.13. The van der Waals surface area contributed by atoms with Gasteiger partial charge in [-0.25, -0.2) is 0 Å². The molecule has 21 heavy (non-hydrogen) atoms. The zero-order valence-corrected chi connectivity index (χ0v) is 12.5. The zero-order valence-electron chi connectivity index (χ0n) is 12.5. The first-order valence-corrected chi connectivity index (χ1v) is 6.96. The van der Waals surface area contributed by atoms with E-state index in [0.717, 1.165) is 39.3 Å². The van der Waals surface area contributed by atoms with Crippen molar-refractivity contribution in [3.8, 4) is 22.5 Å². The Kier molecular flexibility index (Phi) is 3.48. The smallest absolute Gasteiger partial charge is 0.0889 e. The second-order valence-corrected chi connectivity index (χ2v) is 5.30. The summed E-state index contributed by atoms with van der Waals surface area (Å²) in [7, 11) is 0. The van der Waals surface area contributed by atoms with Gasteiger partial charge in [0.05, 0.1) is 11.4 Å². The average molecular weight is 275 g/mol. The molecule has 0 amide bonds. The lowest BCUT2D eigenvalue weighted by Gasteiger charge is -2.08. The van der Waals surface area contributed by atoms with E-state index in [9.17, 15) is 0 Å². The summed E-state index contributed by atoms with van der Waals surface area (Å²) in [6, 6.07) is 10.3. The molecule has 3 heterocycles. The quantitative estimate of drug-likeness (QED) is 0.705. The van der Waals surface area contributed by atoms with Crippen molar-refractivity contribution in [1.29, 1.82) is 0 Å². The van der Waals surface area contributed by atoms with Gasteiger partial charge in [-0.05, 0) is 50.1 Å². The summed E-state index contributed by atoms with van der Waals surface area (Å²) < 4.78 is 0. The van der Waals surface area contributed by atoms with Crippen LogP contribution in [0.4, 0.5) is 0 Å². The second kappa shape index (κ2) is 5.44. The summed E-state index contributed by atoms with van der Waals surface area (Å²) in [5.74, 6) is 0. The molecular formula is C18H17N3. The van der Waals surface area contributed by atoms with Gasteiger partial charge in [0.15, 0.2) is 0 Å². The summed E-state index contributed by atoms with van der Waals surface area (Å²) in [6.07, 6.45) is 5.60. The van der Waals surface area contributed by atoms with Gasteiger partial charge in [0, 0.05) is 35.4 Å². The first kappa shape index (κ1) is 13.4. The van der Waals surface area contributed by atoms with Gasteiger partial charge in [-0.15, -0.1) is 0 Å². The summed E-state index contributed by atoms with van der Waals surface area (Å²) in [6.45, 7) is 6.10. The molecular weight excluding hydrogens is 258 g/mol. The van der Waals surface area contributed by atoms with E-state index in [4.69, 9.17) is 0 Å². The SMILES string of the molecule is Cc1ccc(-c2ccc(-c3cncc(C)c3)c(C)n2)nc1. The van der Waals surface area contributed by atoms with Crippen LogP contribution in [0.1, 0.15) is 16.8 Å². The van der Waals surface area contributed by atoms with Crippen LogP contribution in [-0.4, -0.2) is 15.0 Å². The lowest BCUT2D eigenvalue weighted by atomic mass is 10.0. The molecule has 3 aromatic rings. The highest BCUT2D eigenvalue weighted by atomic mass is 14.8. The van der Waals surface area contributed by atoms with Crippen LogP contribution < -0.4 is 0 Å². The highest BCUT2D eigenvalue weighted by Crippen LogP contribution is 2.25. The first-order valence-electron chi connectivity index (χ1n) is 6.96. The third-order valence-corrected chi connectivity index (χ3v) is 3.45. The maximum atomic E-state index is 4.69. The van der Waals surface area contributed by atoms with Gasteiger partial charge in [0.25, 0.3) is 0 Å². The van der Waals surface area contributed by atoms with Crippen LogP contribution in [0.2, 0.25) is 0 Å². The third-order valence-electron chi connectivity index (χ3n) is 3.45. The fourth-order valence-electron chi connectivity index (χ4n) is 2.33. The molecule has 3 aromatic heterocycles.